The average Bonchev–Trinajstić information content (AvgIpc) is 1.96. The summed E-state index contributed by atoms with van der Waals surface area (Å²) in [5, 5.41) is 0. The van der Waals surface area contributed by atoms with Gasteiger partial charge in [0.25, 0.3) is 0 Å². The number of aromatic amines is 1. The smallest absolute Gasteiger partial charge is 0.169 e. The maximum atomic E-state index is 11.0. The molecule has 13 heavy (non-hydrogen) atoms. The molecule has 0 bridgehead atoms. The van der Waals surface area contributed by atoms with E-state index in [1.165, 1.54) is 6.07 Å². The Morgan fingerprint density at radius 3 is 2.38 bits per heavy atom. The summed E-state index contributed by atoms with van der Waals surface area (Å²) in [4.78, 5) is 13.8. The van der Waals surface area contributed by atoms with Crippen LogP contribution in [-0.4, -0.2) is 4.98 Å². The number of aromatic nitrogens is 1. The molecule has 1 N–H and O–H groups in total. The van der Waals surface area contributed by atoms with Crippen LogP contribution in [0.4, 0.5) is 0 Å². The number of hydrogen-bond donors (Lipinski definition) is 1. The maximum Gasteiger partial charge on any atom is 0.169 e. The second kappa shape index (κ2) is 4.87. The van der Waals surface area contributed by atoms with Gasteiger partial charge in [0.1, 0.15) is 0 Å². The molecule has 0 saturated carbocycles. The molecule has 1 heterocycles. The summed E-state index contributed by atoms with van der Waals surface area (Å²) in [6, 6.07) is 1.47. The van der Waals surface area contributed by atoms with E-state index >= 15 is 0 Å². The molecule has 0 aromatic carbocycles. The Morgan fingerprint density at radius 2 is 1.92 bits per heavy atom. The molecule has 0 aliphatic heterocycles. The van der Waals surface area contributed by atoms with Crippen LogP contribution in [0.5, 0.6) is 0 Å². The van der Waals surface area contributed by atoms with E-state index in [4.69, 9.17) is 0 Å². The predicted octanol–water partition coefficient (Wildman–Crippen LogP) is 1.86. The van der Waals surface area contributed by atoms with Crippen LogP contribution in [0.3, 0.4) is 0 Å². The van der Waals surface area contributed by atoms with Crippen molar-refractivity contribution in [2.45, 2.75) is 19.8 Å². The van der Waals surface area contributed by atoms with Crippen molar-refractivity contribution in [3.05, 3.63) is 47.1 Å². The molecular weight excluding hydrogens is 239 g/mol. The van der Waals surface area contributed by atoms with Crippen LogP contribution in [-0.2, 0) is 32.7 Å². The van der Waals surface area contributed by atoms with Gasteiger partial charge in [-0.15, -0.1) is 5.69 Å². The van der Waals surface area contributed by atoms with Crippen molar-refractivity contribution in [3.63, 3.8) is 0 Å². The first-order chi connectivity index (χ1) is 5.52. The number of nitrogens with one attached hydrogen (secondary N) is 1. The number of pyridine rings is 1. The molecule has 1 aromatic rings. The van der Waals surface area contributed by atoms with Gasteiger partial charge >= 0.3 is 0 Å². The van der Waals surface area contributed by atoms with Gasteiger partial charge in [-0.25, -0.2) is 0 Å². The third kappa shape index (κ3) is 2.89. The summed E-state index contributed by atoms with van der Waals surface area (Å²) in [7, 11) is 0. The average molecular weight is 252 g/mol. The first-order valence-electron chi connectivity index (χ1n) is 3.93. The molecule has 2 nitrogen and oxygen atoms in total. The van der Waals surface area contributed by atoms with E-state index in [2.05, 4.69) is 18.8 Å². The van der Waals surface area contributed by atoms with E-state index in [9.17, 15) is 4.79 Å². The molecule has 0 unspecified atom stereocenters. The van der Waals surface area contributed by atoms with E-state index < -0.39 is 0 Å². The second-order valence-corrected chi connectivity index (χ2v) is 3.21. The second-order valence-electron chi connectivity index (χ2n) is 3.21. The van der Waals surface area contributed by atoms with E-state index in [1.807, 2.05) is 13.8 Å². The summed E-state index contributed by atoms with van der Waals surface area (Å²) in [5.41, 5.74) is 2.33. The Morgan fingerprint density at radius 1 is 1.38 bits per heavy atom. The van der Waals surface area contributed by atoms with E-state index in [1.54, 1.807) is 0 Å². The standard InChI is InChI=1S/C10H13NO.Y/c1-6(2)10-8(4)7(3)5-9(12)11-10;/h5-6H,3-4H2,1-2H3,(H,11,12);/q-2;. The van der Waals surface area contributed by atoms with Crippen molar-refractivity contribution in [2.24, 2.45) is 0 Å². The van der Waals surface area contributed by atoms with E-state index in [0.29, 0.717) is 5.56 Å². The van der Waals surface area contributed by atoms with Crippen LogP contribution in [0.2, 0.25) is 0 Å². The molecule has 1 rings (SSSR count). The zero-order chi connectivity index (χ0) is 9.30. The first kappa shape index (κ1) is 12.8. The summed E-state index contributed by atoms with van der Waals surface area (Å²) >= 11 is 0. The monoisotopic (exact) mass is 252 g/mol. The zero-order valence-corrected chi connectivity index (χ0v) is 10.9. The molecule has 0 aliphatic carbocycles. The normalized spacial score (nSPS) is 9.77. The Kier molecular flexibility index (Phi) is 4.79. The minimum absolute atomic E-state index is 0. The molecule has 0 fully saturated rings. The topological polar surface area (TPSA) is 32.9 Å². The third-order valence-corrected chi connectivity index (χ3v) is 1.85. The number of rotatable bonds is 1. The van der Waals surface area contributed by atoms with Gasteiger partial charge in [0.15, 0.2) is 5.56 Å². The summed E-state index contributed by atoms with van der Waals surface area (Å²) < 4.78 is 0. The maximum absolute atomic E-state index is 11.0. The summed E-state index contributed by atoms with van der Waals surface area (Å²) in [5.74, 6) is 0.284. The van der Waals surface area contributed by atoms with Gasteiger partial charge in [-0.2, -0.15) is 6.07 Å². The largest absolute Gasteiger partial charge is 0.401 e. The Hall–Kier alpha value is -0.206. The van der Waals surface area contributed by atoms with Crippen LogP contribution in [0, 0.1) is 13.8 Å². The van der Waals surface area contributed by atoms with Gasteiger partial charge in [-0.1, -0.05) is 19.8 Å². The van der Waals surface area contributed by atoms with E-state index in [0.717, 1.165) is 11.3 Å². The minimum atomic E-state index is -0.101. The van der Waals surface area contributed by atoms with Crippen molar-refractivity contribution < 1.29 is 32.7 Å². The zero-order valence-electron chi connectivity index (χ0n) is 8.05. The minimum Gasteiger partial charge on any atom is -0.401 e. The quantitative estimate of drug-likeness (QED) is 0.760. The van der Waals surface area contributed by atoms with Gasteiger partial charge in [-0.05, 0) is 0 Å². The van der Waals surface area contributed by atoms with Crippen LogP contribution >= 0.6 is 0 Å². The third-order valence-electron chi connectivity index (χ3n) is 1.85. The van der Waals surface area contributed by atoms with Crippen molar-refractivity contribution in [3.8, 4) is 0 Å². The molecule has 0 saturated heterocycles. The molecule has 1 radical (unpaired) electrons. The Labute approximate surface area is 104 Å². The van der Waals surface area contributed by atoms with Crippen molar-refractivity contribution >= 4 is 0 Å². The van der Waals surface area contributed by atoms with Crippen molar-refractivity contribution in [2.75, 3.05) is 0 Å². The fourth-order valence-electron chi connectivity index (χ4n) is 1.16. The van der Waals surface area contributed by atoms with Gasteiger partial charge in [0, 0.05) is 32.7 Å². The number of hydrogen-bond acceptors (Lipinski definition) is 1. The molecule has 69 valence electrons. The molecule has 0 amide bonds. The predicted molar refractivity (Wildman–Crippen MR) is 50.1 cm³/mol. The van der Waals surface area contributed by atoms with Crippen molar-refractivity contribution in [1.82, 2.24) is 4.98 Å². The van der Waals surface area contributed by atoms with Gasteiger partial charge < -0.3 is 4.98 Å². The first-order valence-corrected chi connectivity index (χ1v) is 3.93. The molecule has 3 heteroatoms. The Balaban J connectivity index is 0.00000144. The van der Waals surface area contributed by atoms with Gasteiger partial charge in [-0.3, -0.25) is 29.8 Å². The van der Waals surface area contributed by atoms with Crippen LogP contribution < -0.4 is 5.56 Å². The SMILES string of the molecule is [CH2-]c1cc(=O)[nH]c(C(C)C)c1[CH2-].[Y]. The van der Waals surface area contributed by atoms with Gasteiger partial charge in [0.2, 0.25) is 0 Å². The van der Waals surface area contributed by atoms with Crippen molar-refractivity contribution in [1.29, 1.82) is 0 Å². The van der Waals surface area contributed by atoms with E-state index in [-0.39, 0.29) is 44.2 Å². The van der Waals surface area contributed by atoms with Gasteiger partial charge in [0.05, 0.1) is 0 Å². The molecule has 0 aliphatic rings. The Bertz CT molecular complexity index is 341. The fraction of sp³-hybridized carbons (Fsp3) is 0.300. The summed E-state index contributed by atoms with van der Waals surface area (Å²) in [6.07, 6.45) is 0. The molecule has 0 atom stereocenters. The molecule has 1 aromatic heterocycles. The molecular formula is C10H13NOY-2. The van der Waals surface area contributed by atoms with Crippen LogP contribution in [0.15, 0.2) is 10.9 Å². The summed E-state index contributed by atoms with van der Waals surface area (Å²) in [6.45, 7) is 11.6. The molecule has 0 spiro atoms. The van der Waals surface area contributed by atoms with Crippen LogP contribution in [0.1, 0.15) is 36.6 Å². The fourth-order valence-corrected chi connectivity index (χ4v) is 1.16. The number of H-pyrrole nitrogens is 1. The van der Waals surface area contributed by atoms with Crippen LogP contribution in [0.25, 0.3) is 0 Å².